The van der Waals surface area contributed by atoms with Crippen molar-refractivity contribution in [2.24, 2.45) is 10.3 Å². The normalized spacial score (nSPS) is 19.2. The molecule has 3 heterocycles. The van der Waals surface area contributed by atoms with Crippen molar-refractivity contribution in [2.45, 2.75) is 25.6 Å². The quantitative estimate of drug-likeness (QED) is 0.492. The number of fused-ring (bicyclic) bond motifs is 1. The minimum absolute atomic E-state index is 0.134. The van der Waals surface area contributed by atoms with Gasteiger partial charge in [-0.05, 0) is 37.3 Å². The number of nitrogens with zero attached hydrogens (tertiary/aromatic N) is 5. The van der Waals surface area contributed by atoms with Crippen molar-refractivity contribution >= 4 is 29.1 Å². The molecule has 3 aromatic rings. The summed E-state index contributed by atoms with van der Waals surface area (Å²) in [6.45, 7) is 1.90. The Kier molecular flexibility index (Phi) is 5.45. The number of anilines is 1. The zero-order valence-electron chi connectivity index (χ0n) is 18.6. The molecule has 0 bridgehead atoms. The van der Waals surface area contributed by atoms with Gasteiger partial charge in [0, 0.05) is 5.02 Å². The number of methoxy groups -OCH3 is 2. The number of hydrogen-bond donors (Lipinski definition) is 0. The molecule has 10 nitrogen and oxygen atoms in total. The lowest BCUT2D eigenvalue weighted by Crippen LogP contribution is -2.39. The van der Waals surface area contributed by atoms with Crippen LogP contribution in [0.1, 0.15) is 11.5 Å². The third kappa shape index (κ3) is 3.47. The fourth-order valence-corrected chi connectivity index (χ4v) is 4.31. The first-order valence-electron chi connectivity index (χ1n) is 10.4. The molecule has 2 aliphatic rings. The number of benzene rings is 2. The Morgan fingerprint density at radius 1 is 1.09 bits per heavy atom. The first-order chi connectivity index (χ1) is 16.4. The van der Waals surface area contributed by atoms with Gasteiger partial charge >= 0.3 is 0 Å². The van der Waals surface area contributed by atoms with Crippen molar-refractivity contribution in [3.8, 4) is 23.0 Å². The van der Waals surface area contributed by atoms with E-state index in [4.69, 9.17) is 25.5 Å². The van der Waals surface area contributed by atoms with Crippen molar-refractivity contribution < 1.29 is 23.5 Å². The topological polar surface area (TPSA) is 110 Å². The minimum Gasteiger partial charge on any atom is -0.493 e. The van der Waals surface area contributed by atoms with Gasteiger partial charge in [0.2, 0.25) is 5.89 Å². The highest BCUT2D eigenvalue weighted by Crippen LogP contribution is 2.39. The molecule has 0 saturated carbocycles. The number of amides is 2. The van der Waals surface area contributed by atoms with Gasteiger partial charge in [-0.15, -0.1) is 0 Å². The van der Waals surface area contributed by atoms with E-state index in [0.717, 1.165) is 4.90 Å². The Morgan fingerprint density at radius 3 is 2.62 bits per heavy atom. The van der Waals surface area contributed by atoms with Crippen LogP contribution >= 0.6 is 11.6 Å². The van der Waals surface area contributed by atoms with Crippen LogP contribution < -0.4 is 14.4 Å². The summed E-state index contributed by atoms with van der Waals surface area (Å²) in [6.07, 6.45) is 0. The first kappa shape index (κ1) is 21.9. The summed E-state index contributed by atoms with van der Waals surface area (Å²) in [5.41, 5.74) is 1.58. The van der Waals surface area contributed by atoms with Gasteiger partial charge in [-0.25, -0.2) is 9.88 Å². The number of aryl methyl sites for hydroxylation is 1. The standard InChI is InChI=1S/C23H20ClN5O5/c1-12-16(25-21(34-12)15-8-5-9-17(32-2)20(15)33-3)11-28-19-18(26-27-28)22(30)29(23(19)31)14-7-4-6-13(24)10-14/h4-10,18-19H,11H2,1-3H3/t18-,19-/m0/s1. The Morgan fingerprint density at radius 2 is 1.88 bits per heavy atom. The van der Waals surface area contributed by atoms with E-state index in [1.54, 1.807) is 44.4 Å². The molecule has 174 valence electrons. The van der Waals surface area contributed by atoms with Crippen LogP contribution in [0.4, 0.5) is 5.69 Å². The molecule has 0 spiro atoms. The number of oxazole rings is 1. The summed E-state index contributed by atoms with van der Waals surface area (Å²) in [6, 6.07) is 10.2. The Hall–Kier alpha value is -3.92. The Balaban J connectivity index is 1.42. The van der Waals surface area contributed by atoms with E-state index in [-0.39, 0.29) is 6.54 Å². The van der Waals surface area contributed by atoms with E-state index in [2.05, 4.69) is 15.3 Å². The second-order valence-electron chi connectivity index (χ2n) is 7.75. The van der Waals surface area contributed by atoms with Gasteiger partial charge < -0.3 is 13.9 Å². The summed E-state index contributed by atoms with van der Waals surface area (Å²) in [4.78, 5) is 31.8. The van der Waals surface area contributed by atoms with E-state index < -0.39 is 23.9 Å². The van der Waals surface area contributed by atoms with Gasteiger partial charge in [-0.3, -0.25) is 14.6 Å². The molecule has 34 heavy (non-hydrogen) atoms. The van der Waals surface area contributed by atoms with Crippen LogP contribution in [-0.4, -0.2) is 48.1 Å². The molecule has 0 aliphatic carbocycles. The van der Waals surface area contributed by atoms with Crippen molar-refractivity contribution in [1.82, 2.24) is 9.99 Å². The lowest BCUT2D eigenvalue weighted by atomic mass is 10.1. The van der Waals surface area contributed by atoms with Crippen LogP contribution in [0.25, 0.3) is 11.5 Å². The zero-order chi connectivity index (χ0) is 24.0. The number of aromatic nitrogens is 1. The number of ether oxygens (including phenoxy) is 2. The maximum absolute atomic E-state index is 13.2. The average molecular weight is 482 g/mol. The second-order valence-corrected chi connectivity index (χ2v) is 8.18. The number of carbonyl (C=O) groups excluding carboxylic acids is 2. The van der Waals surface area contributed by atoms with Crippen LogP contribution in [0.3, 0.4) is 0 Å². The Bertz CT molecular complexity index is 1320. The number of imide groups is 1. The molecule has 1 fully saturated rings. The molecule has 0 unspecified atom stereocenters. The maximum Gasteiger partial charge on any atom is 0.263 e. The predicted molar refractivity (Wildman–Crippen MR) is 122 cm³/mol. The van der Waals surface area contributed by atoms with Crippen molar-refractivity contribution in [2.75, 3.05) is 19.1 Å². The molecule has 1 aromatic heterocycles. The van der Waals surface area contributed by atoms with Gasteiger partial charge in [-0.2, -0.15) is 5.11 Å². The lowest BCUT2D eigenvalue weighted by molar-refractivity contribution is -0.123. The van der Waals surface area contributed by atoms with Gasteiger partial charge in [-0.1, -0.05) is 29.0 Å². The van der Waals surface area contributed by atoms with Gasteiger partial charge in [0.1, 0.15) is 11.5 Å². The van der Waals surface area contributed by atoms with E-state index in [1.165, 1.54) is 12.1 Å². The molecule has 0 radical (unpaired) electrons. The van der Waals surface area contributed by atoms with Crippen LogP contribution in [0, 0.1) is 6.92 Å². The monoisotopic (exact) mass is 481 g/mol. The lowest BCUT2D eigenvalue weighted by Gasteiger charge is -2.20. The fourth-order valence-electron chi connectivity index (χ4n) is 4.12. The van der Waals surface area contributed by atoms with Crippen LogP contribution in [0.2, 0.25) is 5.02 Å². The smallest absolute Gasteiger partial charge is 0.263 e. The predicted octanol–water partition coefficient (Wildman–Crippen LogP) is 3.81. The highest BCUT2D eigenvalue weighted by molar-refractivity contribution is 6.31. The van der Waals surface area contributed by atoms with E-state index in [1.807, 2.05) is 12.1 Å². The molecule has 0 N–H and O–H groups in total. The van der Waals surface area contributed by atoms with Gasteiger partial charge in [0.05, 0.1) is 32.0 Å². The molecule has 2 aromatic carbocycles. The van der Waals surface area contributed by atoms with Gasteiger partial charge in [0.25, 0.3) is 11.8 Å². The van der Waals surface area contributed by atoms with Crippen molar-refractivity contribution in [3.05, 3.63) is 58.9 Å². The summed E-state index contributed by atoms with van der Waals surface area (Å²) in [7, 11) is 3.09. The molecule has 1 saturated heterocycles. The van der Waals surface area contributed by atoms with Crippen molar-refractivity contribution in [1.29, 1.82) is 0 Å². The fraction of sp³-hybridized carbons (Fsp3) is 0.261. The number of rotatable bonds is 6. The average Bonchev–Trinajstić information content (AvgIpc) is 3.48. The number of carbonyl (C=O) groups is 2. The summed E-state index contributed by atoms with van der Waals surface area (Å²) in [5, 5.41) is 10.0. The number of hydrogen-bond acceptors (Lipinski definition) is 9. The van der Waals surface area contributed by atoms with Crippen LogP contribution in [-0.2, 0) is 16.1 Å². The largest absolute Gasteiger partial charge is 0.493 e. The van der Waals surface area contributed by atoms with Crippen LogP contribution in [0.5, 0.6) is 11.5 Å². The highest BCUT2D eigenvalue weighted by Gasteiger charge is 2.55. The summed E-state index contributed by atoms with van der Waals surface area (Å²) in [5.74, 6) is 1.06. The van der Waals surface area contributed by atoms with E-state index >= 15 is 0 Å². The summed E-state index contributed by atoms with van der Waals surface area (Å²) < 4.78 is 16.7. The molecule has 11 heteroatoms. The second kappa shape index (κ2) is 8.45. The third-order valence-corrected chi connectivity index (χ3v) is 6.00. The Labute approximate surface area is 199 Å². The molecule has 2 amide bonds. The van der Waals surface area contributed by atoms with E-state index in [0.29, 0.717) is 45.1 Å². The molecule has 2 atom stereocenters. The zero-order valence-corrected chi connectivity index (χ0v) is 19.3. The SMILES string of the molecule is COc1cccc(-c2nc(CN3N=N[C@@H]4C(=O)N(c5cccc(Cl)c5)C(=O)[C@H]43)c(C)o2)c1OC. The van der Waals surface area contributed by atoms with Gasteiger partial charge in [0.15, 0.2) is 23.6 Å². The highest BCUT2D eigenvalue weighted by atomic mass is 35.5. The number of para-hydroxylation sites is 1. The van der Waals surface area contributed by atoms with Crippen molar-refractivity contribution in [3.63, 3.8) is 0 Å². The van der Waals surface area contributed by atoms with E-state index in [9.17, 15) is 9.59 Å². The third-order valence-electron chi connectivity index (χ3n) is 5.76. The molecule has 5 rings (SSSR count). The molecule has 2 aliphatic heterocycles. The maximum atomic E-state index is 13.2. The number of halogens is 1. The summed E-state index contributed by atoms with van der Waals surface area (Å²) >= 11 is 6.05. The first-order valence-corrected chi connectivity index (χ1v) is 10.8. The molecular formula is C23H20ClN5O5. The molecular weight excluding hydrogens is 462 g/mol. The minimum atomic E-state index is -0.920. The van der Waals surface area contributed by atoms with Crippen LogP contribution in [0.15, 0.2) is 57.2 Å².